The second-order valence-corrected chi connectivity index (χ2v) is 7.66. The molecule has 1 saturated carbocycles. The molecule has 2 N–H and O–H groups in total. The van der Waals surface area contributed by atoms with Crippen LogP contribution in [0.4, 0.5) is 4.39 Å². The van der Waals surface area contributed by atoms with Crippen molar-refractivity contribution in [2.75, 3.05) is 13.7 Å². The fraction of sp³-hybridized carbons (Fsp3) is 0.579. The summed E-state index contributed by atoms with van der Waals surface area (Å²) in [6, 6.07) is 4.00. The number of rotatable bonds is 7. The van der Waals surface area contributed by atoms with Crippen molar-refractivity contribution in [2.24, 2.45) is 16.6 Å². The van der Waals surface area contributed by atoms with Crippen molar-refractivity contribution in [3.05, 3.63) is 29.0 Å². The zero-order valence-electron chi connectivity index (χ0n) is 15.4. The van der Waals surface area contributed by atoms with Gasteiger partial charge in [0, 0.05) is 13.1 Å². The standard InChI is InChI=1S/C19H27ClFN3O2/c1-19(23-18(22)24(2)13-25,11-14-6-4-3-5-7-14)12-26-17-10-15(21)8-9-16(17)20/h8-10,13-14H,3-7,11-12H2,1-2H3,(H2,22,23). The van der Waals surface area contributed by atoms with Crippen LogP contribution in [0, 0.1) is 11.7 Å². The molecular weight excluding hydrogens is 357 g/mol. The minimum atomic E-state index is -0.640. The number of halogens is 2. The smallest absolute Gasteiger partial charge is 0.216 e. The van der Waals surface area contributed by atoms with Crippen LogP contribution in [-0.4, -0.2) is 36.5 Å². The maximum atomic E-state index is 13.5. The summed E-state index contributed by atoms with van der Waals surface area (Å²) in [4.78, 5) is 16.8. The molecule has 26 heavy (non-hydrogen) atoms. The molecule has 1 aliphatic rings. The van der Waals surface area contributed by atoms with E-state index in [1.807, 2.05) is 6.92 Å². The predicted octanol–water partition coefficient (Wildman–Crippen LogP) is 3.99. The Morgan fingerprint density at radius 1 is 1.46 bits per heavy atom. The van der Waals surface area contributed by atoms with Gasteiger partial charge in [-0.05, 0) is 31.4 Å². The number of nitrogens with zero attached hydrogens (tertiary/aromatic N) is 2. The molecule has 0 saturated heterocycles. The van der Waals surface area contributed by atoms with E-state index in [2.05, 4.69) is 4.99 Å². The van der Waals surface area contributed by atoms with Gasteiger partial charge < -0.3 is 10.5 Å². The maximum absolute atomic E-state index is 13.5. The first-order chi connectivity index (χ1) is 12.3. The van der Waals surface area contributed by atoms with Crippen molar-refractivity contribution < 1.29 is 13.9 Å². The Bertz CT molecular complexity index is 650. The van der Waals surface area contributed by atoms with Crippen molar-refractivity contribution in [3.8, 4) is 5.75 Å². The number of aliphatic imine (C=N–C) groups is 1. The van der Waals surface area contributed by atoms with Crippen LogP contribution in [0.5, 0.6) is 5.75 Å². The van der Waals surface area contributed by atoms with Gasteiger partial charge in [-0.1, -0.05) is 43.7 Å². The lowest BCUT2D eigenvalue weighted by Gasteiger charge is -2.32. The summed E-state index contributed by atoms with van der Waals surface area (Å²) < 4.78 is 19.3. The normalized spacial score (nSPS) is 18.2. The van der Waals surface area contributed by atoms with Crippen LogP contribution in [-0.2, 0) is 4.79 Å². The molecule has 144 valence electrons. The van der Waals surface area contributed by atoms with Crippen LogP contribution in [0.2, 0.25) is 5.02 Å². The molecule has 1 aliphatic carbocycles. The highest BCUT2D eigenvalue weighted by Crippen LogP contribution is 2.34. The SMILES string of the molecule is CN(C=O)C(N)=NC(C)(COc1cc(F)ccc1Cl)CC1CCCCC1. The van der Waals surface area contributed by atoms with E-state index < -0.39 is 11.4 Å². The largest absolute Gasteiger partial charge is 0.489 e. The van der Waals surface area contributed by atoms with Crippen LogP contribution in [0.25, 0.3) is 0 Å². The second-order valence-electron chi connectivity index (χ2n) is 7.25. The molecule has 0 spiro atoms. The molecule has 0 aromatic heterocycles. The minimum Gasteiger partial charge on any atom is -0.489 e. The van der Waals surface area contributed by atoms with Crippen molar-refractivity contribution in [1.29, 1.82) is 0 Å². The van der Waals surface area contributed by atoms with Gasteiger partial charge in [-0.2, -0.15) is 0 Å². The summed E-state index contributed by atoms with van der Waals surface area (Å²) in [6.07, 6.45) is 7.39. The molecule has 1 fully saturated rings. The van der Waals surface area contributed by atoms with Gasteiger partial charge in [0.1, 0.15) is 18.2 Å². The highest BCUT2D eigenvalue weighted by atomic mass is 35.5. The Hall–Kier alpha value is -1.82. The average Bonchev–Trinajstić information content (AvgIpc) is 2.62. The number of ether oxygens (including phenoxy) is 1. The summed E-state index contributed by atoms with van der Waals surface area (Å²) >= 11 is 6.09. The number of benzene rings is 1. The van der Waals surface area contributed by atoms with Crippen LogP contribution in [0.15, 0.2) is 23.2 Å². The summed E-state index contributed by atoms with van der Waals surface area (Å²) in [6.45, 7) is 2.14. The maximum Gasteiger partial charge on any atom is 0.216 e. The van der Waals surface area contributed by atoms with Gasteiger partial charge in [0.05, 0.1) is 10.6 Å². The molecular formula is C19H27ClFN3O2. The lowest BCUT2D eigenvalue weighted by atomic mass is 9.80. The highest BCUT2D eigenvalue weighted by molar-refractivity contribution is 6.32. The van der Waals surface area contributed by atoms with Crippen molar-refractivity contribution in [2.45, 2.75) is 51.0 Å². The van der Waals surface area contributed by atoms with E-state index in [-0.39, 0.29) is 18.3 Å². The van der Waals surface area contributed by atoms with Crippen molar-refractivity contribution in [3.63, 3.8) is 0 Å². The number of carbonyl (C=O) groups excluding carboxylic acids is 1. The number of hydrogen-bond donors (Lipinski definition) is 1. The fourth-order valence-corrected chi connectivity index (χ4v) is 3.55. The minimum absolute atomic E-state index is 0.132. The first kappa shape index (κ1) is 20.5. The molecule has 1 amide bonds. The van der Waals surface area contributed by atoms with Gasteiger partial charge in [0.15, 0.2) is 5.96 Å². The lowest BCUT2D eigenvalue weighted by Crippen LogP contribution is -2.41. The third-order valence-electron chi connectivity index (χ3n) is 4.79. The number of nitrogens with two attached hydrogens (primary N) is 1. The van der Waals surface area contributed by atoms with Gasteiger partial charge >= 0.3 is 0 Å². The van der Waals surface area contributed by atoms with E-state index in [1.54, 1.807) is 7.05 Å². The third-order valence-corrected chi connectivity index (χ3v) is 5.10. The summed E-state index contributed by atoms with van der Waals surface area (Å²) in [7, 11) is 1.55. The number of carbonyl (C=O) groups is 1. The van der Waals surface area contributed by atoms with E-state index in [4.69, 9.17) is 22.1 Å². The van der Waals surface area contributed by atoms with Crippen LogP contribution >= 0.6 is 11.6 Å². The highest BCUT2D eigenvalue weighted by Gasteiger charge is 2.31. The van der Waals surface area contributed by atoms with Crippen LogP contribution in [0.1, 0.15) is 45.4 Å². The van der Waals surface area contributed by atoms with E-state index in [1.165, 1.54) is 42.4 Å². The average molecular weight is 384 g/mol. The first-order valence-electron chi connectivity index (χ1n) is 8.94. The first-order valence-corrected chi connectivity index (χ1v) is 9.32. The number of amides is 1. The Morgan fingerprint density at radius 2 is 2.15 bits per heavy atom. The molecule has 0 aliphatic heterocycles. The summed E-state index contributed by atoms with van der Waals surface area (Å²) in [5.41, 5.74) is 5.31. The monoisotopic (exact) mass is 383 g/mol. The van der Waals surface area contributed by atoms with E-state index >= 15 is 0 Å². The van der Waals surface area contributed by atoms with Gasteiger partial charge in [-0.15, -0.1) is 0 Å². The molecule has 1 atom stereocenters. The van der Waals surface area contributed by atoms with Gasteiger partial charge in [0.2, 0.25) is 6.41 Å². The van der Waals surface area contributed by atoms with Gasteiger partial charge in [-0.25, -0.2) is 9.38 Å². The quantitative estimate of drug-likeness (QED) is 0.439. The van der Waals surface area contributed by atoms with Gasteiger partial charge in [0.25, 0.3) is 0 Å². The molecule has 1 aromatic rings. The molecule has 0 heterocycles. The van der Waals surface area contributed by atoms with Crippen molar-refractivity contribution >= 4 is 24.0 Å². The van der Waals surface area contributed by atoms with Gasteiger partial charge in [-0.3, -0.25) is 9.69 Å². The molecule has 5 nitrogen and oxygen atoms in total. The Morgan fingerprint density at radius 3 is 2.81 bits per heavy atom. The Kier molecular flexibility index (Phi) is 7.26. The fourth-order valence-electron chi connectivity index (χ4n) is 3.38. The molecule has 1 unspecified atom stereocenters. The topological polar surface area (TPSA) is 67.9 Å². The molecule has 0 bridgehead atoms. The second kappa shape index (κ2) is 9.21. The molecule has 0 radical (unpaired) electrons. The van der Waals surface area contributed by atoms with E-state index in [0.717, 1.165) is 19.3 Å². The molecule has 2 rings (SSSR count). The Labute approximate surface area is 159 Å². The van der Waals surface area contributed by atoms with Crippen LogP contribution < -0.4 is 10.5 Å². The third kappa shape index (κ3) is 5.87. The number of guanidine groups is 1. The molecule has 1 aromatic carbocycles. The molecule has 7 heteroatoms. The Balaban J connectivity index is 2.18. The lowest BCUT2D eigenvalue weighted by molar-refractivity contribution is -0.114. The predicted molar refractivity (Wildman–Crippen MR) is 102 cm³/mol. The summed E-state index contributed by atoms with van der Waals surface area (Å²) in [5.74, 6) is 0.520. The summed E-state index contributed by atoms with van der Waals surface area (Å²) in [5, 5.41) is 0.341. The van der Waals surface area contributed by atoms with Crippen molar-refractivity contribution in [1.82, 2.24) is 4.90 Å². The zero-order chi connectivity index (χ0) is 19.2. The van der Waals surface area contributed by atoms with E-state index in [0.29, 0.717) is 17.4 Å². The number of hydrogen-bond acceptors (Lipinski definition) is 3. The van der Waals surface area contributed by atoms with E-state index in [9.17, 15) is 9.18 Å². The zero-order valence-corrected chi connectivity index (χ0v) is 16.1. The van der Waals surface area contributed by atoms with Crippen LogP contribution in [0.3, 0.4) is 0 Å².